The molecule has 2 aliphatic rings. The fraction of sp³-hybridized carbons (Fsp3) is 0.517. The maximum atomic E-state index is 13.4. The maximum Gasteiger partial charge on any atom is 0.404 e. The van der Waals surface area contributed by atoms with Gasteiger partial charge in [-0.05, 0) is 69.2 Å². The van der Waals surface area contributed by atoms with Crippen LogP contribution in [0.15, 0.2) is 42.5 Å². The van der Waals surface area contributed by atoms with Gasteiger partial charge >= 0.3 is 6.09 Å². The van der Waals surface area contributed by atoms with Gasteiger partial charge in [0.15, 0.2) is 5.75 Å². The number of aliphatic hydroxyl groups excluding tert-OH is 1. The normalized spacial score (nSPS) is 24.7. The minimum Gasteiger partial charge on any atom is -0.465 e. The largest absolute Gasteiger partial charge is 0.465 e. The first-order valence-corrected chi connectivity index (χ1v) is 13.9. The van der Waals surface area contributed by atoms with E-state index in [9.17, 15) is 19.8 Å². The van der Waals surface area contributed by atoms with Crippen LogP contribution in [0, 0.1) is 18.8 Å². The highest BCUT2D eigenvalue weighted by atomic mass is 35.5. The van der Waals surface area contributed by atoms with Crippen LogP contribution in [0.25, 0.3) is 0 Å². The van der Waals surface area contributed by atoms with Crippen molar-refractivity contribution in [3.05, 3.63) is 58.6 Å². The topological polar surface area (TPSA) is 145 Å². The summed E-state index contributed by atoms with van der Waals surface area (Å²) in [6.45, 7) is 3.01. The minimum atomic E-state index is -1.45. The molecule has 2 aromatic carbocycles. The molecule has 6 N–H and O–H groups in total. The van der Waals surface area contributed by atoms with E-state index in [1.54, 1.807) is 23.1 Å². The number of nitrogens with one attached hydrogen (secondary N) is 1. The van der Waals surface area contributed by atoms with Crippen molar-refractivity contribution in [3.8, 4) is 11.5 Å². The average molecular weight is 560 g/mol. The second-order valence-corrected chi connectivity index (χ2v) is 11.2. The molecule has 1 unspecified atom stereocenters. The number of hydrogen-bond donors (Lipinski definition) is 5. The summed E-state index contributed by atoms with van der Waals surface area (Å²) < 4.78 is 6.26. The summed E-state index contributed by atoms with van der Waals surface area (Å²) in [4.78, 5) is 26.2. The quantitative estimate of drug-likeness (QED) is 0.292. The molecule has 0 aromatic heterocycles. The van der Waals surface area contributed by atoms with Crippen molar-refractivity contribution < 1.29 is 29.6 Å². The van der Waals surface area contributed by atoms with Crippen molar-refractivity contribution in [2.24, 2.45) is 17.6 Å². The number of nitrogens with two attached hydrogens (primary N) is 1. The Bertz CT molecular complexity index is 1170. The Morgan fingerprint density at radius 2 is 2.00 bits per heavy atom. The molecule has 1 aliphatic heterocycles. The number of amides is 2. The fourth-order valence-electron chi connectivity index (χ4n) is 5.94. The maximum absolute atomic E-state index is 13.4. The average Bonchev–Trinajstić information content (AvgIpc) is 3.25. The molecular weight excluding hydrogens is 522 g/mol. The van der Waals surface area contributed by atoms with Crippen LogP contribution in [0.2, 0.25) is 5.02 Å². The lowest BCUT2D eigenvalue weighted by atomic mass is 9.73. The van der Waals surface area contributed by atoms with Crippen LogP contribution in [0.4, 0.5) is 4.79 Å². The van der Waals surface area contributed by atoms with E-state index in [4.69, 9.17) is 27.2 Å². The standard InChI is InChI=1S/C29H38ClN3O6/c1-18-6-2-8-21(14-18)39-26-22(9-3-10-23(26)30)29(38,11-5-12-32-28(36)37)20-7-4-13-33(17-20)27(35)19-15-24(31)25(34)16-19/h2-3,6,8-10,14,19-20,24-25,32,34,38H,4-5,7,11-13,15-17,31H2,1H3,(H,36,37)/t19-,20+,24+,25-,29?/m0/s1. The number of likely N-dealkylation sites (tertiary alicyclic amines) is 1. The van der Waals surface area contributed by atoms with Crippen LogP contribution in [0.5, 0.6) is 11.5 Å². The molecule has 10 heteroatoms. The third-order valence-electron chi connectivity index (χ3n) is 7.99. The molecule has 39 heavy (non-hydrogen) atoms. The summed E-state index contributed by atoms with van der Waals surface area (Å²) in [6.07, 6.45) is 0.925. The lowest BCUT2D eigenvalue weighted by molar-refractivity contribution is -0.141. The van der Waals surface area contributed by atoms with Gasteiger partial charge in [0.1, 0.15) is 5.75 Å². The summed E-state index contributed by atoms with van der Waals surface area (Å²) in [5.41, 5.74) is 6.03. The van der Waals surface area contributed by atoms with Crippen LogP contribution >= 0.6 is 11.6 Å². The second-order valence-electron chi connectivity index (χ2n) is 10.8. The van der Waals surface area contributed by atoms with Crippen LogP contribution in [-0.4, -0.2) is 64.0 Å². The number of carbonyl (C=O) groups excluding carboxylic acids is 1. The van der Waals surface area contributed by atoms with Gasteiger partial charge in [0.25, 0.3) is 0 Å². The molecule has 1 heterocycles. The minimum absolute atomic E-state index is 0.0519. The van der Waals surface area contributed by atoms with Gasteiger partial charge in [-0.2, -0.15) is 0 Å². The van der Waals surface area contributed by atoms with Gasteiger partial charge in [-0.15, -0.1) is 0 Å². The lowest BCUT2D eigenvalue weighted by Gasteiger charge is -2.44. The predicted octanol–water partition coefficient (Wildman–Crippen LogP) is 4.01. The molecule has 2 aromatic rings. The van der Waals surface area contributed by atoms with Gasteiger partial charge in [0.05, 0.1) is 16.7 Å². The molecule has 2 fully saturated rings. The Morgan fingerprint density at radius 3 is 2.69 bits per heavy atom. The van der Waals surface area contributed by atoms with E-state index in [0.717, 1.165) is 5.56 Å². The van der Waals surface area contributed by atoms with Crippen molar-refractivity contribution >= 4 is 23.6 Å². The van der Waals surface area contributed by atoms with E-state index in [0.29, 0.717) is 67.3 Å². The third kappa shape index (κ3) is 6.84. The molecule has 1 aliphatic carbocycles. The Morgan fingerprint density at radius 1 is 1.23 bits per heavy atom. The molecule has 1 saturated heterocycles. The Kier molecular flexibility index (Phi) is 9.38. The van der Waals surface area contributed by atoms with E-state index in [2.05, 4.69) is 5.32 Å². The lowest BCUT2D eigenvalue weighted by Crippen LogP contribution is -2.49. The first-order valence-electron chi connectivity index (χ1n) is 13.5. The molecular formula is C29H38ClN3O6. The number of carboxylic acid groups (broad SMARTS) is 1. The zero-order valence-corrected chi connectivity index (χ0v) is 22.9. The van der Waals surface area contributed by atoms with Crippen LogP contribution in [0.3, 0.4) is 0 Å². The highest BCUT2D eigenvalue weighted by Gasteiger charge is 2.45. The van der Waals surface area contributed by atoms with Crippen LogP contribution in [-0.2, 0) is 10.4 Å². The summed E-state index contributed by atoms with van der Waals surface area (Å²) in [5.74, 6) is 0.179. The van der Waals surface area contributed by atoms with Gasteiger partial charge in [0.2, 0.25) is 5.91 Å². The van der Waals surface area contributed by atoms with E-state index in [-0.39, 0.29) is 30.7 Å². The number of hydrogen-bond acceptors (Lipinski definition) is 6. The van der Waals surface area contributed by atoms with E-state index in [1.807, 2.05) is 31.2 Å². The Hall–Kier alpha value is -2.85. The number of para-hydroxylation sites is 1. The molecule has 5 atom stereocenters. The number of carbonyl (C=O) groups is 2. The zero-order chi connectivity index (χ0) is 28.2. The molecule has 0 radical (unpaired) electrons. The number of benzene rings is 2. The Labute approximate surface area is 233 Å². The van der Waals surface area contributed by atoms with Crippen LogP contribution in [0.1, 0.15) is 49.7 Å². The molecule has 4 rings (SSSR count). The number of aryl methyl sites for hydroxylation is 1. The fourth-order valence-corrected chi connectivity index (χ4v) is 6.15. The number of piperidine rings is 1. The molecule has 9 nitrogen and oxygen atoms in total. The molecule has 2 amide bonds. The number of ether oxygens (including phenoxy) is 1. The van der Waals surface area contributed by atoms with Gasteiger partial charge < -0.3 is 36.0 Å². The van der Waals surface area contributed by atoms with E-state index in [1.165, 1.54) is 0 Å². The second kappa shape index (κ2) is 12.6. The third-order valence-corrected chi connectivity index (χ3v) is 8.29. The first-order chi connectivity index (χ1) is 18.6. The van der Waals surface area contributed by atoms with Gasteiger partial charge in [0, 0.05) is 43.1 Å². The number of aliphatic hydroxyl groups is 2. The summed E-state index contributed by atoms with van der Waals surface area (Å²) >= 11 is 6.63. The van der Waals surface area contributed by atoms with Crippen molar-refractivity contribution in [3.63, 3.8) is 0 Å². The molecule has 1 saturated carbocycles. The van der Waals surface area contributed by atoms with Crippen molar-refractivity contribution in [1.29, 1.82) is 0 Å². The predicted molar refractivity (Wildman–Crippen MR) is 148 cm³/mol. The highest BCUT2D eigenvalue weighted by molar-refractivity contribution is 6.32. The summed E-state index contributed by atoms with van der Waals surface area (Å²) in [5, 5.41) is 34.3. The van der Waals surface area contributed by atoms with Gasteiger partial charge in [-0.25, -0.2) is 4.79 Å². The van der Waals surface area contributed by atoms with Gasteiger partial charge in [-0.3, -0.25) is 4.79 Å². The zero-order valence-electron chi connectivity index (χ0n) is 22.2. The van der Waals surface area contributed by atoms with Gasteiger partial charge in [-0.1, -0.05) is 35.9 Å². The first kappa shape index (κ1) is 29.1. The highest BCUT2D eigenvalue weighted by Crippen LogP contribution is 2.47. The monoisotopic (exact) mass is 559 g/mol. The summed E-state index contributed by atoms with van der Waals surface area (Å²) in [6, 6.07) is 12.4. The van der Waals surface area contributed by atoms with E-state index >= 15 is 0 Å². The number of rotatable bonds is 9. The van der Waals surface area contributed by atoms with E-state index < -0.39 is 23.8 Å². The molecule has 0 spiro atoms. The van der Waals surface area contributed by atoms with Crippen molar-refractivity contribution in [1.82, 2.24) is 10.2 Å². The SMILES string of the molecule is Cc1cccc(Oc2c(Cl)cccc2C(O)(CCCNC(=O)O)[C@@H]2CCCN(C(=O)[C@H]3C[C@@H](N)[C@@H](O)C3)C2)c1. The summed E-state index contributed by atoms with van der Waals surface area (Å²) in [7, 11) is 0. The number of nitrogens with zero attached hydrogens (tertiary/aromatic N) is 1. The smallest absolute Gasteiger partial charge is 0.404 e. The van der Waals surface area contributed by atoms with Crippen LogP contribution < -0.4 is 15.8 Å². The number of halogens is 1. The Balaban J connectivity index is 1.64. The molecule has 0 bridgehead atoms. The van der Waals surface area contributed by atoms with Crippen molar-refractivity contribution in [2.45, 2.75) is 63.2 Å². The van der Waals surface area contributed by atoms with Crippen molar-refractivity contribution in [2.75, 3.05) is 19.6 Å². The molecule has 212 valence electrons.